The lowest BCUT2D eigenvalue weighted by Crippen LogP contribution is -1.91. The third-order valence-electron chi connectivity index (χ3n) is 2.50. The first-order chi connectivity index (χ1) is 8.27. The van der Waals surface area contributed by atoms with E-state index in [9.17, 15) is 0 Å². The molecule has 0 aliphatic carbocycles. The Morgan fingerprint density at radius 1 is 1.18 bits per heavy atom. The summed E-state index contributed by atoms with van der Waals surface area (Å²) < 4.78 is 10.9. The Morgan fingerprint density at radius 3 is 2.47 bits per heavy atom. The van der Waals surface area contributed by atoms with Crippen molar-refractivity contribution in [1.29, 1.82) is 0 Å². The Morgan fingerprint density at radius 2 is 1.88 bits per heavy atom. The van der Waals surface area contributed by atoms with Crippen LogP contribution in [-0.4, -0.2) is 13.2 Å². The molecule has 0 N–H and O–H groups in total. The van der Waals surface area contributed by atoms with Gasteiger partial charge in [-0.2, -0.15) is 0 Å². The first-order valence-electron chi connectivity index (χ1n) is 6.29. The zero-order valence-electron chi connectivity index (χ0n) is 11.0. The highest BCUT2D eigenvalue weighted by Crippen LogP contribution is 2.18. The summed E-state index contributed by atoms with van der Waals surface area (Å²) in [7, 11) is 0. The van der Waals surface area contributed by atoms with Gasteiger partial charge in [0.1, 0.15) is 5.75 Å². The number of ether oxygens (including phenoxy) is 2. The van der Waals surface area contributed by atoms with Crippen LogP contribution in [0.1, 0.15) is 39.2 Å². The maximum atomic E-state index is 5.47. The van der Waals surface area contributed by atoms with Crippen molar-refractivity contribution in [1.82, 2.24) is 0 Å². The van der Waals surface area contributed by atoms with E-state index in [0.717, 1.165) is 30.8 Å². The molecule has 0 saturated heterocycles. The summed E-state index contributed by atoms with van der Waals surface area (Å²) in [5.41, 5.74) is 2.31. The maximum absolute atomic E-state index is 5.47. The lowest BCUT2D eigenvalue weighted by Gasteiger charge is -2.06. The second-order valence-electron chi connectivity index (χ2n) is 3.98. The molecule has 0 radical (unpaired) electrons. The average molecular weight is 234 g/mol. The van der Waals surface area contributed by atoms with Gasteiger partial charge < -0.3 is 9.47 Å². The molecule has 0 fully saturated rings. The Balaban J connectivity index is 2.53. The van der Waals surface area contributed by atoms with Crippen LogP contribution in [0.2, 0.25) is 0 Å². The minimum absolute atomic E-state index is 0.703. The van der Waals surface area contributed by atoms with Crippen LogP contribution in [0.5, 0.6) is 5.75 Å². The van der Waals surface area contributed by atoms with Crippen molar-refractivity contribution in [2.75, 3.05) is 13.2 Å². The van der Waals surface area contributed by atoms with Gasteiger partial charge in [0.2, 0.25) is 0 Å². The number of benzene rings is 1. The van der Waals surface area contributed by atoms with Gasteiger partial charge in [-0.25, -0.2) is 0 Å². The van der Waals surface area contributed by atoms with Crippen molar-refractivity contribution in [3.8, 4) is 5.75 Å². The molecule has 94 valence electrons. The first-order valence-corrected chi connectivity index (χ1v) is 6.29. The SMILES string of the molecule is CCCCOC=C(C)c1ccc(OCC)cc1. The van der Waals surface area contributed by atoms with Crippen LogP contribution in [0.3, 0.4) is 0 Å². The van der Waals surface area contributed by atoms with Gasteiger partial charge >= 0.3 is 0 Å². The number of allylic oxidation sites excluding steroid dienone is 1. The molecule has 0 aliphatic heterocycles. The van der Waals surface area contributed by atoms with E-state index >= 15 is 0 Å². The number of hydrogen-bond donors (Lipinski definition) is 0. The summed E-state index contributed by atoms with van der Waals surface area (Å²) in [4.78, 5) is 0. The highest BCUT2D eigenvalue weighted by molar-refractivity contribution is 5.63. The molecule has 0 atom stereocenters. The lowest BCUT2D eigenvalue weighted by atomic mass is 10.1. The molecule has 2 nitrogen and oxygen atoms in total. The van der Waals surface area contributed by atoms with E-state index in [1.807, 2.05) is 25.3 Å². The van der Waals surface area contributed by atoms with E-state index in [4.69, 9.17) is 9.47 Å². The third kappa shape index (κ3) is 4.94. The van der Waals surface area contributed by atoms with Gasteiger partial charge in [-0.1, -0.05) is 25.5 Å². The number of rotatable bonds is 7. The molecule has 0 heterocycles. The molecular formula is C15H22O2. The minimum atomic E-state index is 0.703. The highest BCUT2D eigenvalue weighted by Gasteiger charge is 1.97. The van der Waals surface area contributed by atoms with E-state index in [-0.39, 0.29) is 0 Å². The minimum Gasteiger partial charge on any atom is -0.501 e. The summed E-state index contributed by atoms with van der Waals surface area (Å²) in [5, 5.41) is 0. The van der Waals surface area contributed by atoms with Crippen LogP contribution in [-0.2, 0) is 4.74 Å². The van der Waals surface area contributed by atoms with Gasteiger partial charge in [0.25, 0.3) is 0 Å². The fourth-order valence-electron chi connectivity index (χ4n) is 1.46. The maximum Gasteiger partial charge on any atom is 0.119 e. The summed E-state index contributed by atoms with van der Waals surface area (Å²) in [5.74, 6) is 0.913. The molecule has 0 saturated carbocycles. The Kier molecular flexibility index (Phi) is 6.23. The molecule has 0 amide bonds. The second kappa shape index (κ2) is 7.77. The summed E-state index contributed by atoms with van der Waals surface area (Å²) >= 11 is 0. The van der Waals surface area contributed by atoms with Crippen molar-refractivity contribution < 1.29 is 9.47 Å². The predicted octanol–water partition coefficient (Wildman–Crippen LogP) is 4.26. The molecular weight excluding hydrogens is 212 g/mol. The van der Waals surface area contributed by atoms with Crippen molar-refractivity contribution in [3.63, 3.8) is 0 Å². The van der Waals surface area contributed by atoms with Gasteiger partial charge in [0.05, 0.1) is 19.5 Å². The normalized spacial score (nSPS) is 11.4. The lowest BCUT2D eigenvalue weighted by molar-refractivity contribution is 0.245. The molecule has 1 aromatic carbocycles. The smallest absolute Gasteiger partial charge is 0.119 e. The predicted molar refractivity (Wildman–Crippen MR) is 72.1 cm³/mol. The van der Waals surface area contributed by atoms with Crippen molar-refractivity contribution >= 4 is 5.57 Å². The molecule has 17 heavy (non-hydrogen) atoms. The first kappa shape index (κ1) is 13.6. The number of hydrogen-bond acceptors (Lipinski definition) is 2. The largest absolute Gasteiger partial charge is 0.501 e. The van der Waals surface area contributed by atoms with Gasteiger partial charge in [-0.15, -0.1) is 0 Å². The topological polar surface area (TPSA) is 18.5 Å². The average Bonchev–Trinajstić information content (AvgIpc) is 2.36. The van der Waals surface area contributed by atoms with Crippen LogP contribution in [0.15, 0.2) is 30.5 Å². The zero-order chi connectivity index (χ0) is 12.5. The van der Waals surface area contributed by atoms with Crippen LogP contribution in [0, 0.1) is 0 Å². The van der Waals surface area contributed by atoms with Gasteiger partial charge in [-0.05, 0) is 43.5 Å². The summed E-state index contributed by atoms with van der Waals surface area (Å²) in [6.45, 7) is 7.70. The zero-order valence-corrected chi connectivity index (χ0v) is 11.0. The van der Waals surface area contributed by atoms with Crippen molar-refractivity contribution in [2.24, 2.45) is 0 Å². The molecule has 0 aliphatic rings. The van der Waals surface area contributed by atoms with Crippen molar-refractivity contribution in [3.05, 3.63) is 36.1 Å². The summed E-state index contributed by atoms with van der Waals surface area (Å²) in [6.07, 6.45) is 4.11. The third-order valence-corrected chi connectivity index (χ3v) is 2.50. The van der Waals surface area contributed by atoms with Crippen LogP contribution < -0.4 is 4.74 Å². The standard InChI is InChI=1S/C15H22O2/c1-4-6-11-16-12-13(3)14-7-9-15(10-8-14)17-5-2/h7-10,12H,4-6,11H2,1-3H3. The molecule has 2 heteroatoms. The Bertz CT molecular complexity index is 338. The van der Waals surface area contributed by atoms with Crippen LogP contribution in [0.4, 0.5) is 0 Å². The van der Waals surface area contributed by atoms with E-state index in [2.05, 4.69) is 26.0 Å². The second-order valence-corrected chi connectivity index (χ2v) is 3.98. The van der Waals surface area contributed by atoms with E-state index in [1.165, 1.54) is 5.56 Å². The molecule has 0 aromatic heterocycles. The van der Waals surface area contributed by atoms with E-state index in [1.54, 1.807) is 0 Å². The Labute approximate surface area is 104 Å². The van der Waals surface area contributed by atoms with Gasteiger partial charge in [0, 0.05) is 0 Å². The van der Waals surface area contributed by atoms with Crippen LogP contribution >= 0.6 is 0 Å². The molecule has 1 rings (SSSR count). The fourth-order valence-corrected chi connectivity index (χ4v) is 1.46. The van der Waals surface area contributed by atoms with E-state index < -0.39 is 0 Å². The molecule has 0 bridgehead atoms. The quantitative estimate of drug-likeness (QED) is 0.518. The molecule has 1 aromatic rings. The monoisotopic (exact) mass is 234 g/mol. The highest BCUT2D eigenvalue weighted by atomic mass is 16.5. The molecule has 0 unspecified atom stereocenters. The fraction of sp³-hybridized carbons (Fsp3) is 0.467. The summed E-state index contributed by atoms with van der Waals surface area (Å²) in [6, 6.07) is 8.09. The Hall–Kier alpha value is -1.44. The number of unbranched alkanes of at least 4 members (excludes halogenated alkanes) is 1. The van der Waals surface area contributed by atoms with E-state index in [0.29, 0.717) is 6.61 Å². The van der Waals surface area contributed by atoms with Crippen LogP contribution in [0.25, 0.3) is 5.57 Å². The van der Waals surface area contributed by atoms with Crippen molar-refractivity contribution in [2.45, 2.75) is 33.6 Å². The van der Waals surface area contributed by atoms with Gasteiger partial charge in [0.15, 0.2) is 0 Å². The van der Waals surface area contributed by atoms with Gasteiger partial charge in [-0.3, -0.25) is 0 Å². The molecule has 0 spiro atoms.